The molecular weight excluding hydrogens is 246 g/mol. The number of nitrogens with one attached hydrogen (secondary N) is 1. The van der Waals surface area contributed by atoms with Crippen molar-refractivity contribution in [1.29, 1.82) is 0 Å². The lowest BCUT2D eigenvalue weighted by Gasteiger charge is -1.99. The quantitative estimate of drug-likeness (QED) is 0.822. The Labute approximate surface area is 102 Å². The van der Waals surface area contributed by atoms with E-state index >= 15 is 0 Å². The van der Waals surface area contributed by atoms with Gasteiger partial charge in [0.05, 0.1) is 0 Å². The second-order valence-electron chi connectivity index (χ2n) is 3.06. The zero-order chi connectivity index (χ0) is 11.5. The highest BCUT2D eigenvalue weighted by atomic mass is 35.5. The largest absolute Gasteiger partial charge is 0.368 e. The Morgan fingerprint density at radius 3 is 2.94 bits per heavy atom. The molecule has 16 heavy (non-hydrogen) atoms. The third-order valence-electron chi connectivity index (χ3n) is 1.88. The molecule has 2 aromatic rings. The van der Waals surface area contributed by atoms with Crippen LogP contribution in [-0.4, -0.2) is 19.9 Å². The number of aryl methyl sites for hydroxylation is 1. The molecule has 0 aromatic carbocycles. The molecule has 7 heteroatoms. The molecule has 0 spiro atoms. The van der Waals surface area contributed by atoms with Crippen LogP contribution in [0.3, 0.4) is 0 Å². The van der Waals surface area contributed by atoms with E-state index in [-0.39, 0.29) is 5.95 Å². The molecule has 0 aliphatic heterocycles. The lowest BCUT2D eigenvalue weighted by Crippen LogP contribution is -1.95. The van der Waals surface area contributed by atoms with Crippen LogP contribution in [0.5, 0.6) is 0 Å². The van der Waals surface area contributed by atoms with Crippen LogP contribution < -0.4 is 5.73 Å². The summed E-state index contributed by atoms with van der Waals surface area (Å²) in [5.41, 5.74) is 6.57. The third kappa shape index (κ3) is 2.65. The number of hydrogen-bond donors (Lipinski definition) is 2. The van der Waals surface area contributed by atoms with E-state index in [1.807, 2.05) is 0 Å². The van der Waals surface area contributed by atoms with Crippen molar-refractivity contribution in [2.24, 2.45) is 0 Å². The van der Waals surface area contributed by atoms with Gasteiger partial charge in [-0.1, -0.05) is 18.5 Å². The summed E-state index contributed by atoms with van der Waals surface area (Å²) in [6.07, 6.45) is 2.72. The summed E-state index contributed by atoms with van der Waals surface area (Å²) >= 11 is 7.14. The second kappa shape index (κ2) is 4.71. The number of nitrogens with two attached hydrogens (primary N) is 1. The molecule has 5 nitrogen and oxygen atoms in total. The van der Waals surface area contributed by atoms with E-state index in [2.05, 4.69) is 26.9 Å². The Morgan fingerprint density at radius 1 is 1.50 bits per heavy atom. The Balaban J connectivity index is 2.19. The number of imidazole rings is 1. The summed E-state index contributed by atoms with van der Waals surface area (Å²) in [5, 5.41) is 1.78. The first-order valence-corrected chi connectivity index (χ1v) is 5.88. The highest BCUT2D eigenvalue weighted by Gasteiger charge is 2.05. The Kier molecular flexibility index (Phi) is 3.31. The summed E-state index contributed by atoms with van der Waals surface area (Å²) in [6.45, 7) is 2.06. The van der Waals surface area contributed by atoms with Gasteiger partial charge in [-0.3, -0.25) is 0 Å². The number of halogens is 1. The maximum absolute atomic E-state index is 5.77. The molecule has 2 aromatic heterocycles. The summed E-state index contributed by atoms with van der Waals surface area (Å²) in [7, 11) is 0. The van der Waals surface area contributed by atoms with Gasteiger partial charge >= 0.3 is 0 Å². The van der Waals surface area contributed by atoms with Gasteiger partial charge < -0.3 is 10.7 Å². The molecular formula is C9H10ClN5S. The molecule has 0 atom stereocenters. The molecule has 0 radical (unpaired) electrons. The van der Waals surface area contributed by atoms with Crippen molar-refractivity contribution in [2.45, 2.75) is 23.5 Å². The molecule has 0 unspecified atom stereocenters. The molecule has 0 aliphatic carbocycles. The Bertz CT molecular complexity index is 478. The zero-order valence-electron chi connectivity index (χ0n) is 8.57. The summed E-state index contributed by atoms with van der Waals surface area (Å²) < 4.78 is 0. The van der Waals surface area contributed by atoms with Crippen LogP contribution in [0.2, 0.25) is 5.15 Å². The van der Waals surface area contributed by atoms with Gasteiger partial charge in [-0.15, -0.1) is 0 Å². The highest BCUT2D eigenvalue weighted by molar-refractivity contribution is 7.99. The highest BCUT2D eigenvalue weighted by Crippen LogP contribution is 2.25. The smallest absolute Gasteiger partial charge is 0.222 e. The fourth-order valence-electron chi connectivity index (χ4n) is 1.14. The normalized spacial score (nSPS) is 10.6. The first kappa shape index (κ1) is 11.2. The lowest BCUT2D eigenvalue weighted by atomic mass is 10.4. The molecule has 2 rings (SSSR count). The fraction of sp³-hybridized carbons (Fsp3) is 0.222. The number of anilines is 1. The van der Waals surface area contributed by atoms with Gasteiger partial charge in [0, 0.05) is 18.0 Å². The van der Waals surface area contributed by atoms with Gasteiger partial charge in [-0.25, -0.2) is 15.0 Å². The number of hydrogen-bond acceptors (Lipinski definition) is 5. The zero-order valence-corrected chi connectivity index (χ0v) is 10.1. The van der Waals surface area contributed by atoms with Crippen LogP contribution in [-0.2, 0) is 6.42 Å². The maximum atomic E-state index is 5.77. The van der Waals surface area contributed by atoms with Gasteiger partial charge in [-0.2, -0.15) is 0 Å². The van der Waals surface area contributed by atoms with Crippen molar-refractivity contribution in [2.75, 3.05) is 5.73 Å². The van der Waals surface area contributed by atoms with E-state index in [0.717, 1.165) is 17.3 Å². The van der Waals surface area contributed by atoms with Gasteiger partial charge in [-0.05, 0) is 18.2 Å². The van der Waals surface area contributed by atoms with E-state index in [4.69, 9.17) is 17.3 Å². The van der Waals surface area contributed by atoms with Crippen LogP contribution in [0.1, 0.15) is 12.6 Å². The predicted molar refractivity (Wildman–Crippen MR) is 63.5 cm³/mol. The molecule has 2 heterocycles. The molecule has 0 fully saturated rings. The topological polar surface area (TPSA) is 80.5 Å². The van der Waals surface area contributed by atoms with Gasteiger partial charge in [0.25, 0.3) is 0 Å². The molecule has 0 aliphatic rings. The summed E-state index contributed by atoms with van der Waals surface area (Å²) in [4.78, 5) is 15.2. The van der Waals surface area contributed by atoms with Crippen LogP contribution in [0, 0.1) is 0 Å². The number of H-pyrrole nitrogens is 1. The van der Waals surface area contributed by atoms with Crippen molar-refractivity contribution in [1.82, 2.24) is 19.9 Å². The monoisotopic (exact) mass is 255 g/mol. The van der Waals surface area contributed by atoms with Gasteiger partial charge in [0.2, 0.25) is 5.95 Å². The molecule has 0 saturated heterocycles. The van der Waals surface area contributed by atoms with Crippen LogP contribution in [0.25, 0.3) is 0 Å². The minimum atomic E-state index is 0.164. The van der Waals surface area contributed by atoms with Gasteiger partial charge in [0.15, 0.2) is 5.16 Å². The SMILES string of the molecule is CCc1cnc(Sc2cc(Cl)nc(N)n2)[nH]1. The van der Waals surface area contributed by atoms with Gasteiger partial charge in [0.1, 0.15) is 10.2 Å². The van der Waals surface area contributed by atoms with E-state index in [9.17, 15) is 0 Å². The molecule has 3 N–H and O–H groups in total. The number of rotatable bonds is 3. The minimum Gasteiger partial charge on any atom is -0.368 e. The Hall–Kier alpha value is -1.27. The average molecular weight is 256 g/mol. The Morgan fingerprint density at radius 2 is 2.31 bits per heavy atom. The lowest BCUT2D eigenvalue weighted by molar-refractivity contribution is 0.984. The van der Waals surface area contributed by atoms with Crippen molar-refractivity contribution in [3.8, 4) is 0 Å². The summed E-state index contributed by atoms with van der Waals surface area (Å²) in [5.74, 6) is 0.164. The van der Waals surface area contributed by atoms with Crippen LogP contribution >= 0.6 is 23.4 Å². The molecule has 0 saturated carbocycles. The molecule has 0 bridgehead atoms. The van der Waals surface area contributed by atoms with Crippen LogP contribution in [0.15, 0.2) is 22.4 Å². The van der Waals surface area contributed by atoms with E-state index < -0.39 is 0 Å². The number of nitrogen functional groups attached to an aromatic ring is 1. The van der Waals surface area contributed by atoms with Crippen molar-refractivity contribution in [3.05, 3.63) is 23.1 Å². The first-order valence-electron chi connectivity index (χ1n) is 4.69. The predicted octanol–water partition coefficient (Wildman–Crippen LogP) is 2.15. The minimum absolute atomic E-state index is 0.164. The average Bonchev–Trinajstić information content (AvgIpc) is 2.64. The van der Waals surface area contributed by atoms with Crippen molar-refractivity contribution < 1.29 is 0 Å². The molecule has 0 amide bonds. The third-order valence-corrected chi connectivity index (χ3v) is 2.89. The number of aromatic amines is 1. The van der Waals surface area contributed by atoms with E-state index in [1.54, 1.807) is 12.3 Å². The van der Waals surface area contributed by atoms with Crippen molar-refractivity contribution in [3.63, 3.8) is 0 Å². The second-order valence-corrected chi connectivity index (χ2v) is 4.45. The van der Waals surface area contributed by atoms with Crippen molar-refractivity contribution >= 4 is 29.3 Å². The standard InChI is InChI=1S/C9H10ClN5S/c1-2-5-4-12-9(13-5)16-7-3-6(10)14-8(11)15-7/h3-4H,2H2,1H3,(H,12,13)(H2,11,14,15). The fourth-order valence-corrected chi connectivity index (χ4v) is 2.19. The molecule has 84 valence electrons. The van der Waals surface area contributed by atoms with E-state index in [1.165, 1.54) is 11.8 Å². The van der Waals surface area contributed by atoms with Crippen LogP contribution in [0.4, 0.5) is 5.95 Å². The number of aromatic nitrogens is 4. The number of nitrogens with zero attached hydrogens (tertiary/aromatic N) is 3. The van der Waals surface area contributed by atoms with E-state index in [0.29, 0.717) is 10.2 Å². The first-order chi connectivity index (χ1) is 7.67. The maximum Gasteiger partial charge on any atom is 0.222 e. The summed E-state index contributed by atoms with van der Waals surface area (Å²) in [6, 6.07) is 1.65.